The zero-order valence-corrected chi connectivity index (χ0v) is 19.4. The number of imidazole rings is 1. The number of aromatic nitrogens is 2. The van der Waals surface area contributed by atoms with Gasteiger partial charge in [0.05, 0.1) is 26.6 Å². The van der Waals surface area contributed by atoms with Crippen molar-refractivity contribution in [2.24, 2.45) is 0 Å². The van der Waals surface area contributed by atoms with E-state index in [1.165, 1.54) is 16.9 Å². The summed E-state index contributed by atoms with van der Waals surface area (Å²) < 4.78 is 14.5. The fourth-order valence-electron chi connectivity index (χ4n) is 3.29. The van der Waals surface area contributed by atoms with Crippen molar-refractivity contribution in [1.82, 2.24) is 9.38 Å². The number of aryl methyl sites for hydroxylation is 2. The van der Waals surface area contributed by atoms with Crippen molar-refractivity contribution < 1.29 is 9.47 Å². The first-order chi connectivity index (χ1) is 14.4. The highest BCUT2D eigenvalue weighted by molar-refractivity contribution is 9.10. The third-order valence-corrected chi connectivity index (χ3v) is 6.39. The van der Waals surface area contributed by atoms with E-state index >= 15 is 0 Å². The standard InChI is InChI=1S/C23H21BrN2O3S/c1-5-7-29-21-16(24)10-15(11-19(21)28-6-2)12-20-22(27)26-18-9-14(4)13(3)8-17(18)25-23(26)30-20/h5,8-12H,1,6-7H2,2-4H3/b20-12-. The Labute approximate surface area is 186 Å². The van der Waals surface area contributed by atoms with Crippen molar-refractivity contribution >= 4 is 49.3 Å². The zero-order chi connectivity index (χ0) is 21.4. The van der Waals surface area contributed by atoms with Gasteiger partial charge in [-0.15, -0.1) is 0 Å². The molecule has 0 spiro atoms. The SMILES string of the molecule is C=CCOc1c(Br)cc(/C=c2\sc3nc4cc(C)c(C)cc4n3c2=O)cc1OCC. The zero-order valence-electron chi connectivity index (χ0n) is 17.0. The monoisotopic (exact) mass is 484 g/mol. The molecule has 0 amide bonds. The molecule has 0 aliphatic heterocycles. The van der Waals surface area contributed by atoms with Crippen molar-refractivity contribution in [2.75, 3.05) is 13.2 Å². The van der Waals surface area contributed by atoms with E-state index in [2.05, 4.69) is 34.4 Å². The number of ether oxygens (including phenoxy) is 2. The maximum absolute atomic E-state index is 13.1. The van der Waals surface area contributed by atoms with Gasteiger partial charge in [-0.2, -0.15) is 0 Å². The minimum atomic E-state index is -0.0678. The molecule has 0 N–H and O–H groups in total. The summed E-state index contributed by atoms with van der Waals surface area (Å²) in [6.45, 7) is 10.6. The lowest BCUT2D eigenvalue weighted by Gasteiger charge is -2.13. The van der Waals surface area contributed by atoms with Crippen LogP contribution >= 0.6 is 27.3 Å². The number of hydrogen-bond acceptors (Lipinski definition) is 5. The van der Waals surface area contributed by atoms with Gasteiger partial charge in [-0.25, -0.2) is 9.38 Å². The van der Waals surface area contributed by atoms with E-state index in [1.807, 2.05) is 44.2 Å². The predicted octanol–water partition coefficient (Wildman–Crippen LogP) is 4.80. The van der Waals surface area contributed by atoms with Crippen LogP contribution in [0.15, 0.2) is 46.2 Å². The summed E-state index contributed by atoms with van der Waals surface area (Å²) in [4.78, 5) is 18.5. The molecule has 0 aliphatic carbocycles. The first-order valence-electron chi connectivity index (χ1n) is 9.57. The molecule has 0 fully saturated rings. The van der Waals surface area contributed by atoms with Crippen molar-refractivity contribution in [2.45, 2.75) is 20.8 Å². The molecule has 2 aromatic heterocycles. The predicted molar refractivity (Wildman–Crippen MR) is 126 cm³/mol. The molecule has 154 valence electrons. The van der Waals surface area contributed by atoms with Gasteiger partial charge in [-0.1, -0.05) is 24.0 Å². The summed E-state index contributed by atoms with van der Waals surface area (Å²) in [6, 6.07) is 7.84. The molecule has 0 bridgehead atoms. The average molecular weight is 485 g/mol. The number of benzene rings is 2. The molecule has 5 nitrogen and oxygen atoms in total. The Bertz CT molecular complexity index is 1390. The molecule has 0 radical (unpaired) electrons. The summed E-state index contributed by atoms with van der Waals surface area (Å²) in [5, 5.41) is 0. The van der Waals surface area contributed by atoms with Crippen LogP contribution in [0.3, 0.4) is 0 Å². The molecule has 4 aromatic rings. The smallest absolute Gasteiger partial charge is 0.274 e. The quantitative estimate of drug-likeness (QED) is 0.369. The topological polar surface area (TPSA) is 52.8 Å². The number of hydrogen-bond donors (Lipinski definition) is 0. The van der Waals surface area contributed by atoms with Gasteiger partial charge in [0.15, 0.2) is 16.5 Å². The molecule has 0 atom stereocenters. The molecule has 7 heteroatoms. The molecule has 0 saturated heterocycles. The van der Waals surface area contributed by atoms with Gasteiger partial charge in [0.1, 0.15) is 6.61 Å². The van der Waals surface area contributed by atoms with E-state index in [0.717, 1.165) is 26.6 Å². The lowest BCUT2D eigenvalue weighted by atomic mass is 10.1. The van der Waals surface area contributed by atoms with Gasteiger partial charge in [-0.3, -0.25) is 4.79 Å². The summed E-state index contributed by atoms with van der Waals surface area (Å²) in [7, 11) is 0. The van der Waals surface area contributed by atoms with Crippen molar-refractivity contribution in [3.63, 3.8) is 0 Å². The summed E-state index contributed by atoms with van der Waals surface area (Å²) in [5.41, 5.74) is 4.77. The number of fused-ring (bicyclic) bond motifs is 3. The van der Waals surface area contributed by atoms with E-state index < -0.39 is 0 Å². The molecule has 0 aliphatic rings. The Morgan fingerprint density at radius 2 is 1.97 bits per heavy atom. The lowest BCUT2D eigenvalue weighted by molar-refractivity contribution is 0.295. The first kappa shape index (κ1) is 20.6. The summed E-state index contributed by atoms with van der Waals surface area (Å²) >= 11 is 4.94. The van der Waals surface area contributed by atoms with Crippen LogP contribution in [-0.2, 0) is 0 Å². The fourth-order valence-corrected chi connectivity index (χ4v) is 4.85. The van der Waals surface area contributed by atoms with E-state index in [0.29, 0.717) is 34.2 Å². The summed E-state index contributed by atoms with van der Waals surface area (Å²) in [5.74, 6) is 1.24. The number of rotatable bonds is 6. The van der Waals surface area contributed by atoms with Crippen LogP contribution < -0.4 is 19.6 Å². The molecular formula is C23H21BrN2O3S. The second-order valence-electron chi connectivity index (χ2n) is 6.93. The van der Waals surface area contributed by atoms with E-state index in [1.54, 1.807) is 10.5 Å². The van der Waals surface area contributed by atoms with Gasteiger partial charge in [-0.05, 0) is 83.7 Å². The molecule has 4 rings (SSSR count). The van der Waals surface area contributed by atoms with Crippen molar-refractivity contribution in [3.05, 3.63) is 73.0 Å². The Kier molecular flexibility index (Phi) is 5.66. The van der Waals surface area contributed by atoms with Crippen LogP contribution in [-0.4, -0.2) is 22.6 Å². The minimum Gasteiger partial charge on any atom is -0.490 e. The van der Waals surface area contributed by atoms with Crippen molar-refractivity contribution in [3.8, 4) is 11.5 Å². The lowest BCUT2D eigenvalue weighted by Crippen LogP contribution is -2.22. The second kappa shape index (κ2) is 8.24. The Hall–Kier alpha value is -2.64. The highest BCUT2D eigenvalue weighted by atomic mass is 79.9. The van der Waals surface area contributed by atoms with Crippen LogP contribution in [0.4, 0.5) is 0 Å². The normalized spacial score (nSPS) is 12.1. The Morgan fingerprint density at radius 1 is 1.20 bits per heavy atom. The number of nitrogens with zero attached hydrogens (tertiary/aromatic N) is 2. The number of halogens is 1. The Balaban J connectivity index is 1.87. The van der Waals surface area contributed by atoms with Crippen LogP contribution in [0, 0.1) is 13.8 Å². The van der Waals surface area contributed by atoms with Gasteiger partial charge in [0, 0.05) is 0 Å². The third kappa shape index (κ3) is 3.63. The molecule has 2 aromatic carbocycles. The maximum Gasteiger partial charge on any atom is 0.274 e. The van der Waals surface area contributed by atoms with E-state index in [4.69, 9.17) is 9.47 Å². The molecule has 30 heavy (non-hydrogen) atoms. The molecular weight excluding hydrogens is 464 g/mol. The van der Waals surface area contributed by atoms with Gasteiger partial charge < -0.3 is 9.47 Å². The highest BCUT2D eigenvalue weighted by Gasteiger charge is 2.14. The van der Waals surface area contributed by atoms with Crippen LogP contribution in [0.2, 0.25) is 0 Å². The fraction of sp³-hybridized carbons (Fsp3) is 0.217. The van der Waals surface area contributed by atoms with Crippen LogP contribution in [0.1, 0.15) is 23.6 Å². The van der Waals surface area contributed by atoms with E-state index in [9.17, 15) is 4.79 Å². The maximum atomic E-state index is 13.1. The van der Waals surface area contributed by atoms with Gasteiger partial charge in [0.25, 0.3) is 5.56 Å². The first-order valence-corrected chi connectivity index (χ1v) is 11.2. The largest absolute Gasteiger partial charge is 0.490 e. The minimum absolute atomic E-state index is 0.0678. The molecule has 0 unspecified atom stereocenters. The third-order valence-electron chi connectivity index (χ3n) is 4.83. The van der Waals surface area contributed by atoms with Crippen LogP contribution in [0.5, 0.6) is 11.5 Å². The Morgan fingerprint density at radius 3 is 2.70 bits per heavy atom. The molecule has 0 saturated carbocycles. The van der Waals surface area contributed by atoms with Gasteiger partial charge >= 0.3 is 0 Å². The number of thiazole rings is 1. The molecule has 2 heterocycles. The van der Waals surface area contributed by atoms with E-state index in [-0.39, 0.29) is 5.56 Å². The average Bonchev–Trinajstić information content (AvgIpc) is 3.18. The van der Waals surface area contributed by atoms with Gasteiger partial charge in [0.2, 0.25) is 0 Å². The van der Waals surface area contributed by atoms with Crippen LogP contribution in [0.25, 0.3) is 22.1 Å². The highest BCUT2D eigenvalue weighted by Crippen LogP contribution is 2.37. The second-order valence-corrected chi connectivity index (χ2v) is 8.80. The summed E-state index contributed by atoms with van der Waals surface area (Å²) in [6.07, 6.45) is 3.54. The van der Waals surface area contributed by atoms with Crippen molar-refractivity contribution in [1.29, 1.82) is 0 Å².